The van der Waals surface area contributed by atoms with Gasteiger partial charge in [0.25, 0.3) is 10.0 Å². The third kappa shape index (κ3) is 4.20. The largest absolute Gasteiger partial charge is 0.352 e. The highest BCUT2D eigenvalue weighted by Crippen LogP contribution is 2.24. The first kappa shape index (κ1) is 18.7. The normalized spacial score (nSPS) is 11.3. The third-order valence-corrected chi connectivity index (χ3v) is 5.02. The summed E-state index contributed by atoms with van der Waals surface area (Å²) < 4.78 is 66.8. The predicted molar refractivity (Wildman–Crippen MR) is 95.8 cm³/mol. The molecule has 3 rings (SSSR count). The van der Waals surface area contributed by atoms with Gasteiger partial charge in [0.1, 0.15) is 5.82 Å². The lowest BCUT2D eigenvalue weighted by molar-refractivity contribution is 0.449. The zero-order chi connectivity index (χ0) is 19.6. The Morgan fingerprint density at radius 2 is 1.59 bits per heavy atom. The van der Waals surface area contributed by atoms with Crippen LogP contribution < -0.4 is 10.0 Å². The maximum absolute atomic E-state index is 13.7. The van der Waals surface area contributed by atoms with Gasteiger partial charge in [0.15, 0.2) is 17.5 Å². The summed E-state index contributed by atoms with van der Waals surface area (Å²) in [6.45, 7) is 1.84. The maximum Gasteiger partial charge on any atom is 0.263 e. The minimum Gasteiger partial charge on any atom is -0.352 e. The lowest BCUT2D eigenvalue weighted by Gasteiger charge is -2.10. The molecule has 0 aliphatic rings. The van der Waals surface area contributed by atoms with Crippen molar-refractivity contribution in [2.75, 3.05) is 10.0 Å². The Morgan fingerprint density at radius 3 is 2.22 bits per heavy atom. The zero-order valence-electron chi connectivity index (χ0n) is 14.0. The Kier molecular flexibility index (Phi) is 5.04. The lowest BCUT2D eigenvalue weighted by Crippen LogP contribution is -2.13. The number of sulfonamides is 1. The van der Waals surface area contributed by atoms with Gasteiger partial charge in [-0.25, -0.2) is 26.6 Å². The number of nitrogens with one attached hydrogen (secondary N) is 2. The molecule has 0 spiro atoms. The van der Waals surface area contributed by atoms with Crippen LogP contribution in [0.15, 0.2) is 59.6 Å². The Balaban J connectivity index is 1.76. The van der Waals surface area contributed by atoms with Gasteiger partial charge in [0, 0.05) is 0 Å². The second-order valence-corrected chi connectivity index (χ2v) is 7.38. The van der Waals surface area contributed by atoms with E-state index in [2.05, 4.69) is 15.0 Å². The number of anilines is 3. The summed E-state index contributed by atoms with van der Waals surface area (Å²) in [5.74, 6) is -4.20. The van der Waals surface area contributed by atoms with Gasteiger partial charge >= 0.3 is 0 Å². The van der Waals surface area contributed by atoms with Gasteiger partial charge in [0.05, 0.1) is 22.5 Å². The molecule has 0 amide bonds. The van der Waals surface area contributed by atoms with Crippen LogP contribution in [0.5, 0.6) is 0 Å². The number of nitrogens with zero attached hydrogens (tertiary/aromatic N) is 1. The fourth-order valence-corrected chi connectivity index (χ4v) is 3.23. The van der Waals surface area contributed by atoms with E-state index in [-0.39, 0.29) is 22.1 Å². The van der Waals surface area contributed by atoms with Crippen molar-refractivity contribution >= 4 is 27.2 Å². The maximum atomic E-state index is 13.7. The van der Waals surface area contributed by atoms with E-state index in [1.165, 1.54) is 30.5 Å². The molecule has 0 saturated carbocycles. The molecule has 1 heterocycles. The SMILES string of the molecule is Cc1ccc(S(=O)(=O)Nc2ccc(Nc3ccc(F)c(F)c3F)cn2)cc1. The molecular formula is C18H14F3N3O2S. The summed E-state index contributed by atoms with van der Waals surface area (Å²) in [4.78, 5) is 4.01. The summed E-state index contributed by atoms with van der Waals surface area (Å²) in [5.41, 5.74) is 0.911. The number of aryl methyl sites for hydroxylation is 1. The third-order valence-electron chi connectivity index (χ3n) is 3.65. The van der Waals surface area contributed by atoms with Gasteiger partial charge in [-0.3, -0.25) is 4.72 Å². The zero-order valence-corrected chi connectivity index (χ0v) is 14.8. The van der Waals surface area contributed by atoms with Crippen molar-refractivity contribution in [2.45, 2.75) is 11.8 Å². The van der Waals surface area contributed by atoms with Crippen molar-refractivity contribution < 1.29 is 21.6 Å². The summed E-state index contributed by atoms with van der Waals surface area (Å²) >= 11 is 0. The monoisotopic (exact) mass is 393 g/mol. The van der Waals surface area contributed by atoms with Gasteiger partial charge in [-0.1, -0.05) is 17.7 Å². The highest BCUT2D eigenvalue weighted by atomic mass is 32.2. The van der Waals surface area contributed by atoms with Gasteiger partial charge in [-0.05, 0) is 43.3 Å². The van der Waals surface area contributed by atoms with Crippen LogP contribution in [0.2, 0.25) is 0 Å². The van der Waals surface area contributed by atoms with Crippen molar-refractivity contribution in [3.8, 4) is 0 Å². The van der Waals surface area contributed by atoms with E-state index in [4.69, 9.17) is 0 Å². The van der Waals surface area contributed by atoms with Crippen molar-refractivity contribution in [1.29, 1.82) is 0 Å². The van der Waals surface area contributed by atoms with E-state index in [0.717, 1.165) is 17.7 Å². The highest BCUT2D eigenvalue weighted by Gasteiger charge is 2.15. The lowest BCUT2D eigenvalue weighted by atomic mass is 10.2. The molecule has 27 heavy (non-hydrogen) atoms. The number of benzene rings is 2. The van der Waals surface area contributed by atoms with E-state index in [0.29, 0.717) is 0 Å². The summed E-state index contributed by atoms with van der Waals surface area (Å²) in [6.07, 6.45) is 1.23. The molecule has 0 unspecified atom stereocenters. The van der Waals surface area contributed by atoms with Crippen LogP contribution >= 0.6 is 0 Å². The van der Waals surface area contributed by atoms with Gasteiger partial charge in [-0.2, -0.15) is 0 Å². The van der Waals surface area contributed by atoms with E-state index in [9.17, 15) is 21.6 Å². The summed E-state index contributed by atoms with van der Waals surface area (Å²) in [7, 11) is -3.80. The van der Waals surface area contributed by atoms with E-state index < -0.39 is 27.5 Å². The second-order valence-electron chi connectivity index (χ2n) is 5.70. The van der Waals surface area contributed by atoms with E-state index in [1.54, 1.807) is 12.1 Å². The number of aromatic nitrogens is 1. The van der Waals surface area contributed by atoms with Gasteiger partial charge in [0.2, 0.25) is 0 Å². The molecule has 0 aliphatic carbocycles. The quantitative estimate of drug-likeness (QED) is 0.632. The van der Waals surface area contributed by atoms with Crippen molar-refractivity contribution in [3.63, 3.8) is 0 Å². The molecule has 3 aromatic rings. The molecule has 2 N–H and O–H groups in total. The molecule has 140 valence electrons. The summed E-state index contributed by atoms with van der Waals surface area (Å²) in [6, 6.07) is 10.9. The minimum absolute atomic E-state index is 0.0480. The molecule has 2 aromatic carbocycles. The fourth-order valence-electron chi connectivity index (χ4n) is 2.22. The van der Waals surface area contributed by atoms with Gasteiger partial charge < -0.3 is 5.32 Å². The van der Waals surface area contributed by atoms with Crippen LogP contribution in [0.4, 0.5) is 30.4 Å². The first-order valence-corrected chi connectivity index (χ1v) is 9.20. The van der Waals surface area contributed by atoms with Crippen LogP contribution in [-0.2, 0) is 10.0 Å². The predicted octanol–water partition coefficient (Wildman–Crippen LogP) is 4.35. The highest BCUT2D eigenvalue weighted by molar-refractivity contribution is 7.92. The molecule has 1 aromatic heterocycles. The van der Waals surface area contributed by atoms with Crippen LogP contribution in [0.3, 0.4) is 0 Å². The number of rotatable bonds is 5. The molecule has 0 atom stereocenters. The van der Waals surface area contributed by atoms with Crippen LogP contribution in [0, 0.1) is 24.4 Å². The standard InChI is InChI=1S/C18H14F3N3O2S/c1-11-2-5-13(6-3-11)27(25,26)24-16-9-4-12(10-22-16)23-15-8-7-14(19)17(20)18(15)21/h2-10,23H,1H3,(H,22,24). The molecule has 0 saturated heterocycles. The minimum atomic E-state index is -3.80. The molecular weight excluding hydrogens is 379 g/mol. The Hall–Kier alpha value is -3.07. The second kappa shape index (κ2) is 7.28. The Morgan fingerprint density at radius 1 is 0.889 bits per heavy atom. The smallest absolute Gasteiger partial charge is 0.263 e. The van der Waals surface area contributed by atoms with Gasteiger partial charge in [-0.15, -0.1) is 0 Å². The van der Waals surface area contributed by atoms with Crippen LogP contribution in [0.25, 0.3) is 0 Å². The Labute approximate surface area is 153 Å². The molecule has 0 radical (unpaired) electrons. The van der Waals surface area contributed by atoms with Crippen LogP contribution in [0.1, 0.15) is 5.56 Å². The first-order valence-electron chi connectivity index (χ1n) is 7.72. The van der Waals surface area contributed by atoms with E-state index >= 15 is 0 Å². The van der Waals surface area contributed by atoms with Crippen molar-refractivity contribution in [2.24, 2.45) is 0 Å². The van der Waals surface area contributed by atoms with Crippen molar-refractivity contribution in [3.05, 3.63) is 77.7 Å². The average Bonchev–Trinajstić information content (AvgIpc) is 2.64. The number of pyridine rings is 1. The fraction of sp³-hybridized carbons (Fsp3) is 0.0556. The molecule has 0 fully saturated rings. The Bertz CT molecular complexity index is 1070. The number of hydrogen-bond acceptors (Lipinski definition) is 4. The summed E-state index contributed by atoms with van der Waals surface area (Å²) in [5, 5.41) is 2.55. The van der Waals surface area contributed by atoms with E-state index in [1.807, 2.05) is 6.92 Å². The average molecular weight is 393 g/mol. The first-order chi connectivity index (χ1) is 12.8. The molecule has 0 bridgehead atoms. The molecule has 0 aliphatic heterocycles. The number of halogens is 3. The number of hydrogen-bond donors (Lipinski definition) is 2. The molecule has 9 heteroatoms. The van der Waals surface area contributed by atoms with Crippen molar-refractivity contribution in [1.82, 2.24) is 4.98 Å². The topological polar surface area (TPSA) is 71.1 Å². The molecule has 5 nitrogen and oxygen atoms in total. The van der Waals surface area contributed by atoms with Crippen LogP contribution in [-0.4, -0.2) is 13.4 Å².